The standard InChI is InChI=1S/C12H14N2O4S2/c1-9-8-10-4-2-3-5-11(10)14-12(9)19(15,16)6-7-20(13,17)18/h2-5,8H,6-7H2,1H3,(H2,13,17,18). The third kappa shape index (κ3) is 3.33. The van der Waals surface area contributed by atoms with Crippen LogP contribution in [-0.4, -0.2) is 33.3 Å². The molecule has 0 bridgehead atoms. The number of sulfonamides is 1. The van der Waals surface area contributed by atoms with E-state index in [-0.39, 0.29) is 5.03 Å². The van der Waals surface area contributed by atoms with E-state index in [4.69, 9.17) is 5.14 Å². The van der Waals surface area contributed by atoms with E-state index >= 15 is 0 Å². The highest BCUT2D eigenvalue weighted by Gasteiger charge is 2.21. The lowest BCUT2D eigenvalue weighted by atomic mass is 10.2. The van der Waals surface area contributed by atoms with Crippen LogP contribution < -0.4 is 5.14 Å². The Morgan fingerprint density at radius 2 is 1.75 bits per heavy atom. The van der Waals surface area contributed by atoms with Gasteiger partial charge in [0.25, 0.3) is 0 Å². The number of primary sulfonamides is 1. The van der Waals surface area contributed by atoms with Gasteiger partial charge in [0, 0.05) is 5.39 Å². The predicted octanol–water partition coefficient (Wildman–Crippen LogP) is 0.605. The summed E-state index contributed by atoms with van der Waals surface area (Å²) in [5.41, 5.74) is 1.03. The summed E-state index contributed by atoms with van der Waals surface area (Å²) in [4.78, 5) is 4.12. The Balaban J connectivity index is 2.48. The Morgan fingerprint density at radius 1 is 1.10 bits per heavy atom. The molecule has 1 aromatic carbocycles. The van der Waals surface area contributed by atoms with Crippen LogP contribution in [0.2, 0.25) is 0 Å². The van der Waals surface area contributed by atoms with Crippen LogP contribution >= 0.6 is 0 Å². The van der Waals surface area contributed by atoms with Crippen molar-refractivity contribution < 1.29 is 16.8 Å². The molecule has 0 aliphatic heterocycles. The maximum atomic E-state index is 12.2. The van der Waals surface area contributed by atoms with E-state index in [1.165, 1.54) is 0 Å². The van der Waals surface area contributed by atoms with Crippen LogP contribution in [0.1, 0.15) is 5.56 Å². The Hall–Kier alpha value is -1.51. The molecule has 1 heterocycles. The third-order valence-corrected chi connectivity index (χ3v) is 5.57. The van der Waals surface area contributed by atoms with Crippen molar-refractivity contribution in [1.29, 1.82) is 0 Å². The second-order valence-electron chi connectivity index (χ2n) is 4.49. The van der Waals surface area contributed by atoms with Gasteiger partial charge in [-0.1, -0.05) is 18.2 Å². The molecule has 0 saturated heterocycles. The molecular weight excluding hydrogens is 300 g/mol. The smallest absolute Gasteiger partial charge is 0.210 e. The Labute approximate surface area is 117 Å². The van der Waals surface area contributed by atoms with E-state index in [2.05, 4.69) is 4.98 Å². The second kappa shape index (κ2) is 5.12. The van der Waals surface area contributed by atoms with E-state index in [0.29, 0.717) is 11.1 Å². The molecule has 0 aliphatic rings. The van der Waals surface area contributed by atoms with Crippen LogP contribution in [0.4, 0.5) is 0 Å². The molecule has 0 amide bonds. The fourth-order valence-corrected chi connectivity index (χ4v) is 4.63. The molecule has 108 valence electrons. The quantitative estimate of drug-likeness (QED) is 0.889. The Bertz CT molecular complexity index is 858. The molecule has 0 spiro atoms. The minimum absolute atomic E-state index is 0.0974. The first-order valence-corrected chi connectivity index (χ1v) is 9.15. The minimum Gasteiger partial charge on any atom is -0.236 e. The van der Waals surface area contributed by atoms with Gasteiger partial charge in [-0.25, -0.2) is 27.0 Å². The predicted molar refractivity (Wildman–Crippen MR) is 76.5 cm³/mol. The zero-order valence-electron chi connectivity index (χ0n) is 10.8. The molecule has 0 fully saturated rings. The van der Waals surface area contributed by atoms with Crippen molar-refractivity contribution >= 4 is 30.8 Å². The van der Waals surface area contributed by atoms with Crippen LogP contribution in [0, 0.1) is 6.92 Å². The number of rotatable bonds is 4. The number of sulfone groups is 1. The highest BCUT2D eigenvalue weighted by molar-refractivity contribution is 7.94. The molecule has 2 aromatic rings. The molecule has 6 nitrogen and oxygen atoms in total. The van der Waals surface area contributed by atoms with Crippen molar-refractivity contribution in [2.24, 2.45) is 5.14 Å². The molecule has 0 aliphatic carbocycles. The summed E-state index contributed by atoms with van der Waals surface area (Å²) < 4.78 is 46.1. The van der Waals surface area contributed by atoms with Crippen molar-refractivity contribution in [2.45, 2.75) is 11.9 Å². The normalized spacial score (nSPS) is 12.7. The number of aromatic nitrogens is 1. The first-order valence-electron chi connectivity index (χ1n) is 5.79. The zero-order chi connectivity index (χ0) is 15.0. The molecular formula is C12H14N2O4S2. The van der Waals surface area contributed by atoms with Crippen molar-refractivity contribution in [1.82, 2.24) is 4.98 Å². The summed E-state index contributed by atoms with van der Waals surface area (Å²) >= 11 is 0. The Kier molecular flexibility index (Phi) is 3.81. The minimum atomic E-state index is -3.83. The van der Waals surface area contributed by atoms with Crippen LogP contribution in [-0.2, 0) is 19.9 Å². The molecule has 1 aromatic heterocycles. The molecule has 0 unspecified atom stereocenters. The summed E-state index contributed by atoms with van der Waals surface area (Å²) in [5.74, 6) is -1.19. The SMILES string of the molecule is Cc1cc2ccccc2nc1S(=O)(=O)CCS(N)(=O)=O. The van der Waals surface area contributed by atoms with Gasteiger partial charge in [-0.05, 0) is 24.6 Å². The summed E-state index contributed by atoms with van der Waals surface area (Å²) in [6.45, 7) is 1.63. The molecule has 0 saturated carbocycles. The summed E-state index contributed by atoms with van der Waals surface area (Å²) in [6, 6.07) is 8.83. The van der Waals surface area contributed by atoms with Crippen molar-refractivity contribution in [3.8, 4) is 0 Å². The average molecular weight is 314 g/mol. The van der Waals surface area contributed by atoms with Gasteiger partial charge < -0.3 is 0 Å². The number of pyridine rings is 1. The number of fused-ring (bicyclic) bond motifs is 1. The molecule has 2 N–H and O–H groups in total. The van der Waals surface area contributed by atoms with Gasteiger partial charge in [-0.3, -0.25) is 0 Å². The number of hydrogen-bond donors (Lipinski definition) is 1. The molecule has 2 rings (SSSR count). The van der Waals surface area contributed by atoms with Crippen molar-refractivity contribution in [2.75, 3.05) is 11.5 Å². The van der Waals surface area contributed by atoms with E-state index in [9.17, 15) is 16.8 Å². The van der Waals surface area contributed by atoms with Gasteiger partial charge in [-0.15, -0.1) is 0 Å². The maximum absolute atomic E-state index is 12.2. The molecule has 0 atom stereocenters. The van der Waals surface area contributed by atoms with Crippen molar-refractivity contribution in [3.63, 3.8) is 0 Å². The number of nitrogens with zero attached hydrogens (tertiary/aromatic N) is 1. The molecule has 8 heteroatoms. The highest BCUT2D eigenvalue weighted by atomic mass is 32.2. The number of benzene rings is 1. The first-order chi connectivity index (χ1) is 9.19. The highest BCUT2D eigenvalue weighted by Crippen LogP contribution is 2.20. The molecule has 0 radical (unpaired) electrons. The lowest BCUT2D eigenvalue weighted by molar-refractivity contribution is 0.586. The van der Waals surface area contributed by atoms with Crippen LogP contribution in [0.3, 0.4) is 0 Å². The van der Waals surface area contributed by atoms with Gasteiger partial charge in [0.15, 0.2) is 14.9 Å². The van der Waals surface area contributed by atoms with Gasteiger partial charge >= 0.3 is 0 Å². The third-order valence-electron chi connectivity index (χ3n) is 2.80. The average Bonchev–Trinajstić information content (AvgIpc) is 2.35. The topological polar surface area (TPSA) is 107 Å². The van der Waals surface area contributed by atoms with Gasteiger partial charge in [0.05, 0.1) is 17.0 Å². The first kappa shape index (κ1) is 14.9. The zero-order valence-corrected chi connectivity index (χ0v) is 12.4. The van der Waals surface area contributed by atoms with Crippen molar-refractivity contribution in [3.05, 3.63) is 35.9 Å². The fraction of sp³-hybridized carbons (Fsp3) is 0.250. The van der Waals surface area contributed by atoms with E-state index in [0.717, 1.165) is 5.39 Å². The maximum Gasteiger partial charge on any atom is 0.210 e. The van der Waals surface area contributed by atoms with Crippen LogP contribution in [0.15, 0.2) is 35.4 Å². The summed E-state index contributed by atoms with van der Waals surface area (Å²) in [5, 5.41) is 5.57. The van der Waals surface area contributed by atoms with Crippen LogP contribution in [0.5, 0.6) is 0 Å². The van der Waals surface area contributed by atoms with Crippen LogP contribution in [0.25, 0.3) is 10.9 Å². The fourth-order valence-electron chi connectivity index (χ4n) is 1.84. The summed E-state index contributed by atoms with van der Waals surface area (Å²) in [6.07, 6.45) is 0. The van der Waals surface area contributed by atoms with E-state index in [1.807, 2.05) is 12.1 Å². The molecule has 20 heavy (non-hydrogen) atoms. The summed E-state index contributed by atoms with van der Waals surface area (Å²) in [7, 11) is -7.61. The second-order valence-corrected chi connectivity index (χ2v) is 8.25. The van der Waals surface area contributed by atoms with Gasteiger partial charge in [0.2, 0.25) is 10.0 Å². The lowest BCUT2D eigenvalue weighted by Crippen LogP contribution is -2.24. The van der Waals surface area contributed by atoms with Gasteiger partial charge in [-0.2, -0.15) is 0 Å². The van der Waals surface area contributed by atoms with E-state index < -0.39 is 31.4 Å². The lowest BCUT2D eigenvalue weighted by Gasteiger charge is -2.08. The largest absolute Gasteiger partial charge is 0.236 e. The van der Waals surface area contributed by atoms with Gasteiger partial charge in [0.1, 0.15) is 0 Å². The number of aryl methyl sites for hydroxylation is 1. The number of para-hydroxylation sites is 1. The number of nitrogens with two attached hydrogens (primary N) is 1. The number of hydrogen-bond acceptors (Lipinski definition) is 5. The Morgan fingerprint density at radius 3 is 2.40 bits per heavy atom. The monoisotopic (exact) mass is 314 g/mol. The van der Waals surface area contributed by atoms with E-state index in [1.54, 1.807) is 25.1 Å².